The summed E-state index contributed by atoms with van der Waals surface area (Å²) in [5.41, 5.74) is 5.29. The van der Waals surface area contributed by atoms with Crippen molar-refractivity contribution < 1.29 is 0 Å². The van der Waals surface area contributed by atoms with Crippen molar-refractivity contribution >= 4 is 46.5 Å². The van der Waals surface area contributed by atoms with E-state index in [1.54, 1.807) is 0 Å². The van der Waals surface area contributed by atoms with Crippen LogP contribution in [-0.4, -0.2) is 10.1 Å². The number of aromatic nitrogens is 1. The molecule has 1 heterocycles. The largest absolute Gasteiger partial charge is 0.340 e. The molecule has 0 aliphatic heterocycles. The van der Waals surface area contributed by atoms with Gasteiger partial charge in [0, 0.05) is 45.3 Å². The molecule has 2 nitrogen and oxygen atoms in total. The quantitative estimate of drug-likeness (QED) is 0.388. The van der Waals surface area contributed by atoms with E-state index in [-0.39, 0.29) is 23.4 Å². The minimum atomic E-state index is 0. The molecule has 30 heavy (non-hydrogen) atoms. The normalized spacial score (nSPS) is 12.3. The van der Waals surface area contributed by atoms with Crippen molar-refractivity contribution in [3.63, 3.8) is 0 Å². The van der Waals surface area contributed by atoms with Crippen LogP contribution in [0.3, 0.4) is 0 Å². The maximum Gasteiger partial charge on any atom is 0.0493 e. The van der Waals surface area contributed by atoms with E-state index >= 15 is 0 Å². The summed E-state index contributed by atoms with van der Waals surface area (Å²) in [5.74, 6) is 0. The number of rotatable bonds is 6. The lowest BCUT2D eigenvalue weighted by Gasteiger charge is -2.33. The van der Waals surface area contributed by atoms with Crippen LogP contribution < -0.4 is 5.32 Å². The Labute approximate surface area is 197 Å². The van der Waals surface area contributed by atoms with E-state index in [0.717, 1.165) is 25.1 Å². The Kier molecular flexibility index (Phi) is 7.96. The number of benzene rings is 2. The fourth-order valence-electron chi connectivity index (χ4n) is 4.47. The lowest BCUT2D eigenvalue weighted by molar-refractivity contribution is 0.241. The molecule has 3 rings (SSSR count). The lowest BCUT2D eigenvalue weighted by atomic mass is 9.81. The van der Waals surface area contributed by atoms with Gasteiger partial charge in [-0.25, -0.2) is 0 Å². The van der Waals surface area contributed by atoms with Crippen LogP contribution in [0.25, 0.3) is 10.9 Å². The van der Waals surface area contributed by atoms with Crippen molar-refractivity contribution in [1.82, 2.24) is 9.88 Å². The van der Waals surface area contributed by atoms with Crippen molar-refractivity contribution in [3.05, 3.63) is 69.3 Å². The summed E-state index contributed by atoms with van der Waals surface area (Å²) in [6, 6.07) is 14.4. The van der Waals surface area contributed by atoms with E-state index in [9.17, 15) is 0 Å². The molecule has 0 saturated carbocycles. The average Bonchev–Trinajstić information content (AvgIpc) is 2.85. The molecule has 164 valence electrons. The van der Waals surface area contributed by atoms with Crippen LogP contribution in [0.4, 0.5) is 0 Å². The second-order valence-corrected chi connectivity index (χ2v) is 10.7. The van der Waals surface area contributed by atoms with Gasteiger partial charge in [0.05, 0.1) is 0 Å². The van der Waals surface area contributed by atoms with Gasteiger partial charge in [0.25, 0.3) is 0 Å². The van der Waals surface area contributed by atoms with Crippen molar-refractivity contribution in [1.29, 1.82) is 0 Å². The van der Waals surface area contributed by atoms with E-state index < -0.39 is 0 Å². The first kappa shape index (κ1) is 25.1. The van der Waals surface area contributed by atoms with Crippen LogP contribution in [-0.2, 0) is 13.1 Å². The third-order valence-corrected chi connectivity index (χ3v) is 6.01. The molecule has 3 aromatic rings. The molecule has 1 aromatic heterocycles. The Bertz CT molecular complexity index is 1010. The minimum Gasteiger partial charge on any atom is -0.340 e. The molecule has 1 N–H and O–H groups in total. The zero-order valence-corrected chi connectivity index (χ0v) is 21.1. The summed E-state index contributed by atoms with van der Waals surface area (Å²) >= 11 is 12.5. The molecule has 0 aliphatic carbocycles. The van der Waals surface area contributed by atoms with E-state index in [2.05, 4.69) is 75.7 Å². The number of fused-ring (bicyclic) bond motifs is 1. The van der Waals surface area contributed by atoms with Gasteiger partial charge in [-0.1, -0.05) is 68.2 Å². The maximum atomic E-state index is 6.46. The second-order valence-electron chi connectivity index (χ2n) is 9.88. The Balaban J connectivity index is 0.00000320. The molecule has 5 heteroatoms. The Morgan fingerprint density at radius 3 is 2.27 bits per heavy atom. The second kappa shape index (κ2) is 9.53. The fraction of sp³-hybridized carbons (Fsp3) is 0.440. The summed E-state index contributed by atoms with van der Waals surface area (Å²) in [6.07, 6.45) is 1.11. The van der Waals surface area contributed by atoms with E-state index in [4.69, 9.17) is 23.2 Å². The topological polar surface area (TPSA) is 17.0 Å². The highest BCUT2D eigenvalue weighted by Crippen LogP contribution is 2.31. The highest BCUT2D eigenvalue weighted by molar-refractivity contribution is 6.35. The Morgan fingerprint density at radius 1 is 0.967 bits per heavy atom. The van der Waals surface area contributed by atoms with Gasteiger partial charge in [0.15, 0.2) is 0 Å². The van der Waals surface area contributed by atoms with Crippen molar-refractivity contribution in [2.24, 2.45) is 5.41 Å². The number of hydrogen-bond donors (Lipinski definition) is 1. The van der Waals surface area contributed by atoms with Gasteiger partial charge >= 0.3 is 0 Å². The first-order chi connectivity index (χ1) is 13.5. The zero-order chi connectivity index (χ0) is 21.4. The smallest absolute Gasteiger partial charge is 0.0493 e. The number of halogens is 3. The summed E-state index contributed by atoms with van der Waals surface area (Å²) in [6.45, 7) is 15.2. The van der Waals surface area contributed by atoms with E-state index in [0.29, 0.717) is 10.0 Å². The molecule has 0 spiro atoms. The van der Waals surface area contributed by atoms with Gasteiger partial charge in [-0.15, -0.1) is 12.4 Å². The van der Waals surface area contributed by atoms with E-state index in [1.807, 2.05) is 18.2 Å². The van der Waals surface area contributed by atoms with Crippen LogP contribution >= 0.6 is 35.6 Å². The number of para-hydroxylation sites is 1. The summed E-state index contributed by atoms with van der Waals surface area (Å²) in [7, 11) is 0. The number of hydrogen-bond acceptors (Lipinski definition) is 1. The van der Waals surface area contributed by atoms with Gasteiger partial charge in [0.2, 0.25) is 0 Å². The molecule has 0 bridgehead atoms. The zero-order valence-electron chi connectivity index (χ0n) is 18.8. The van der Waals surface area contributed by atoms with Crippen molar-refractivity contribution in [3.8, 4) is 0 Å². The Morgan fingerprint density at radius 2 is 1.63 bits per heavy atom. The van der Waals surface area contributed by atoms with Gasteiger partial charge in [-0.3, -0.25) is 0 Å². The predicted molar refractivity (Wildman–Crippen MR) is 134 cm³/mol. The van der Waals surface area contributed by atoms with Crippen LogP contribution in [0.1, 0.15) is 57.9 Å². The van der Waals surface area contributed by atoms with Gasteiger partial charge in [-0.2, -0.15) is 0 Å². The number of nitrogens with zero attached hydrogens (tertiary/aromatic N) is 1. The summed E-state index contributed by atoms with van der Waals surface area (Å²) in [5, 5.41) is 6.48. The molecular formula is C25H33Cl3N2. The van der Waals surface area contributed by atoms with Gasteiger partial charge in [-0.05, 0) is 61.9 Å². The van der Waals surface area contributed by atoms with Crippen LogP contribution in [0, 0.1) is 12.3 Å². The Hall–Kier alpha value is -1.19. The fourth-order valence-corrected chi connectivity index (χ4v) is 4.93. The van der Waals surface area contributed by atoms with Crippen molar-refractivity contribution in [2.75, 3.05) is 0 Å². The van der Waals surface area contributed by atoms with Gasteiger partial charge < -0.3 is 9.88 Å². The third kappa shape index (κ3) is 5.95. The molecule has 0 atom stereocenters. The minimum absolute atomic E-state index is 0. The molecule has 0 amide bonds. The highest BCUT2D eigenvalue weighted by atomic mass is 35.5. The van der Waals surface area contributed by atoms with Crippen LogP contribution in [0.5, 0.6) is 0 Å². The molecule has 0 aliphatic rings. The van der Waals surface area contributed by atoms with Gasteiger partial charge in [0.1, 0.15) is 0 Å². The molecular weight excluding hydrogens is 435 g/mol. The molecule has 0 radical (unpaired) electrons. The first-order valence-electron chi connectivity index (χ1n) is 10.2. The predicted octanol–water partition coefficient (Wildman–Crippen LogP) is 8.03. The number of nitrogens with one attached hydrogen (secondary N) is 1. The highest BCUT2D eigenvalue weighted by Gasteiger charge is 2.25. The average molecular weight is 468 g/mol. The first-order valence-corrected chi connectivity index (χ1v) is 11.0. The summed E-state index contributed by atoms with van der Waals surface area (Å²) < 4.78 is 2.36. The summed E-state index contributed by atoms with van der Waals surface area (Å²) in [4.78, 5) is 0. The van der Waals surface area contributed by atoms with Crippen LogP contribution in [0.15, 0.2) is 42.5 Å². The van der Waals surface area contributed by atoms with Crippen molar-refractivity contribution in [2.45, 2.75) is 66.6 Å². The molecule has 0 unspecified atom stereocenters. The standard InChI is InChI=1S/C25H32Cl2N2.ClH/c1-17-21(14-28-25(5,6)16-24(2,3)4)20-9-7-8-10-23(20)29(17)15-18-11-12-19(26)13-22(18)27;/h7-13,28H,14-16H2,1-6H3;1H. The SMILES string of the molecule is Cc1c(CNC(C)(C)CC(C)(C)C)c2ccccc2n1Cc1ccc(Cl)cc1Cl.Cl. The van der Waals surface area contributed by atoms with Crippen LogP contribution in [0.2, 0.25) is 10.0 Å². The monoisotopic (exact) mass is 466 g/mol. The van der Waals surface area contributed by atoms with E-state index in [1.165, 1.54) is 22.2 Å². The lowest BCUT2D eigenvalue weighted by Crippen LogP contribution is -2.41. The molecule has 0 saturated heterocycles. The third-order valence-electron chi connectivity index (χ3n) is 5.42. The molecule has 2 aromatic carbocycles. The molecule has 0 fully saturated rings. The maximum absolute atomic E-state index is 6.46.